The molecule has 1 aromatic carbocycles. The zero-order chi connectivity index (χ0) is 27.9. The lowest BCUT2D eigenvalue weighted by Crippen LogP contribution is -2.59. The molecule has 1 aromatic rings. The lowest BCUT2D eigenvalue weighted by molar-refractivity contribution is -0.155. The van der Waals surface area contributed by atoms with Crippen LogP contribution in [0.3, 0.4) is 0 Å². The average molecular weight is 612 g/mol. The average Bonchev–Trinajstić information content (AvgIpc) is 3.45. The minimum atomic E-state index is -1.26. The van der Waals surface area contributed by atoms with Gasteiger partial charge in [-0.3, -0.25) is 14.4 Å². The molecule has 3 fully saturated rings. The number of rotatable bonds is 10. The molecule has 2 bridgehead atoms. The van der Waals surface area contributed by atoms with Crippen molar-refractivity contribution in [3.05, 3.63) is 41.4 Å². The molecule has 0 aliphatic carbocycles. The van der Waals surface area contributed by atoms with E-state index in [1.165, 1.54) is 9.80 Å². The van der Waals surface area contributed by atoms with Gasteiger partial charge in [-0.05, 0) is 44.2 Å². The number of benzene rings is 1. The van der Waals surface area contributed by atoms with Crippen molar-refractivity contribution in [1.29, 1.82) is 0 Å². The number of aliphatic hydroxyl groups excluding tert-OH is 1. The van der Waals surface area contributed by atoms with E-state index in [9.17, 15) is 19.5 Å². The summed E-state index contributed by atoms with van der Waals surface area (Å²) in [7, 11) is 0. The second-order valence-corrected chi connectivity index (χ2v) is 12.4. The lowest BCUT2D eigenvalue weighted by Gasteiger charge is -2.40. The second-order valence-electron chi connectivity index (χ2n) is 10.8. The fourth-order valence-electron chi connectivity index (χ4n) is 6.60. The van der Waals surface area contributed by atoms with Gasteiger partial charge in [0, 0.05) is 11.4 Å². The number of hydrogen-bond donors (Lipinski definition) is 1. The SMILES string of the molecule is C=CCN(C(=O)C1N([C@@H](CO)CC(C)C)C(=O)[C@@H]2[C@H](C(=O)OCC)[C@H]3OC12CC3Br)c1c(C)cccc1Cl. The van der Waals surface area contributed by atoms with E-state index in [0.29, 0.717) is 23.6 Å². The minimum Gasteiger partial charge on any atom is -0.466 e. The van der Waals surface area contributed by atoms with Gasteiger partial charge in [0.2, 0.25) is 5.91 Å². The zero-order valence-corrected chi connectivity index (χ0v) is 24.6. The highest BCUT2D eigenvalue weighted by Crippen LogP contribution is 2.61. The van der Waals surface area contributed by atoms with E-state index in [0.717, 1.165) is 5.56 Å². The molecule has 0 aromatic heterocycles. The molecule has 38 heavy (non-hydrogen) atoms. The molecule has 3 heterocycles. The Labute approximate surface area is 237 Å². The predicted molar refractivity (Wildman–Crippen MR) is 148 cm³/mol. The van der Waals surface area contributed by atoms with Crippen LogP contribution in [0.25, 0.3) is 0 Å². The van der Waals surface area contributed by atoms with Crippen molar-refractivity contribution in [3.63, 3.8) is 0 Å². The maximum atomic E-state index is 14.7. The molecule has 8 nitrogen and oxygen atoms in total. The van der Waals surface area contributed by atoms with E-state index in [1.54, 1.807) is 19.1 Å². The molecule has 3 saturated heterocycles. The quantitative estimate of drug-likeness (QED) is 0.245. The van der Waals surface area contributed by atoms with Crippen LogP contribution in [-0.2, 0) is 23.9 Å². The Kier molecular flexibility index (Phi) is 8.62. The van der Waals surface area contributed by atoms with Gasteiger partial charge in [0.25, 0.3) is 5.91 Å². The molecular formula is C28H36BrClN2O6. The van der Waals surface area contributed by atoms with Crippen LogP contribution in [0, 0.1) is 24.7 Å². The molecule has 4 rings (SSSR count). The van der Waals surface area contributed by atoms with Gasteiger partial charge in [0.15, 0.2) is 0 Å². The van der Waals surface area contributed by atoms with Crippen molar-refractivity contribution in [2.24, 2.45) is 17.8 Å². The summed E-state index contributed by atoms with van der Waals surface area (Å²) in [6.45, 7) is 11.4. The summed E-state index contributed by atoms with van der Waals surface area (Å²) in [6.07, 6.45) is 1.84. The maximum Gasteiger partial charge on any atom is 0.312 e. The van der Waals surface area contributed by atoms with Crippen LogP contribution in [0.15, 0.2) is 30.9 Å². The van der Waals surface area contributed by atoms with Crippen molar-refractivity contribution < 1.29 is 29.0 Å². The van der Waals surface area contributed by atoms with Gasteiger partial charge in [-0.1, -0.05) is 59.6 Å². The van der Waals surface area contributed by atoms with E-state index in [4.69, 9.17) is 21.1 Å². The molecule has 0 saturated carbocycles. The summed E-state index contributed by atoms with van der Waals surface area (Å²) in [5.74, 6) is -2.86. The minimum absolute atomic E-state index is 0.144. The molecule has 3 unspecified atom stereocenters. The number of nitrogens with zero attached hydrogens (tertiary/aromatic N) is 2. The maximum absolute atomic E-state index is 14.7. The number of halogens is 2. The van der Waals surface area contributed by atoms with Gasteiger partial charge in [0.05, 0.1) is 47.9 Å². The molecule has 10 heteroatoms. The highest BCUT2D eigenvalue weighted by atomic mass is 79.9. The van der Waals surface area contributed by atoms with Crippen LogP contribution in [0.2, 0.25) is 5.02 Å². The van der Waals surface area contributed by atoms with Gasteiger partial charge in [0.1, 0.15) is 11.6 Å². The Morgan fingerprint density at radius 3 is 2.71 bits per heavy atom. The van der Waals surface area contributed by atoms with Crippen LogP contribution in [0.1, 0.15) is 39.2 Å². The fourth-order valence-corrected chi connectivity index (χ4v) is 7.87. The number of carbonyl (C=O) groups is 3. The number of fused-ring (bicyclic) bond motifs is 1. The molecule has 0 radical (unpaired) electrons. The second kappa shape index (κ2) is 11.3. The Morgan fingerprint density at radius 1 is 1.42 bits per heavy atom. The number of ether oxygens (including phenoxy) is 2. The summed E-state index contributed by atoms with van der Waals surface area (Å²) in [5.41, 5.74) is 0.0576. The topological polar surface area (TPSA) is 96.4 Å². The van der Waals surface area contributed by atoms with E-state index in [2.05, 4.69) is 22.5 Å². The zero-order valence-electron chi connectivity index (χ0n) is 22.2. The smallest absolute Gasteiger partial charge is 0.312 e. The number of amides is 2. The third-order valence-electron chi connectivity index (χ3n) is 7.90. The van der Waals surface area contributed by atoms with Crippen molar-refractivity contribution in [2.75, 3.05) is 24.7 Å². The number of likely N-dealkylation sites (tertiary alicyclic amines) is 1. The van der Waals surface area contributed by atoms with Crippen LogP contribution < -0.4 is 4.90 Å². The predicted octanol–water partition coefficient (Wildman–Crippen LogP) is 3.89. The van der Waals surface area contributed by atoms with Gasteiger partial charge in [-0.15, -0.1) is 6.58 Å². The van der Waals surface area contributed by atoms with E-state index < -0.39 is 41.6 Å². The van der Waals surface area contributed by atoms with Gasteiger partial charge >= 0.3 is 5.97 Å². The Balaban J connectivity index is 1.88. The van der Waals surface area contributed by atoms with Crippen LogP contribution >= 0.6 is 27.5 Å². The molecule has 208 valence electrons. The van der Waals surface area contributed by atoms with Crippen LogP contribution in [0.4, 0.5) is 5.69 Å². The Hall–Kier alpha value is -1.94. The Bertz CT molecular complexity index is 1090. The highest BCUT2D eigenvalue weighted by molar-refractivity contribution is 9.09. The number of anilines is 1. The third-order valence-corrected chi connectivity index (χ3v) is 9.05. The summed E-state index contributed by atoms with van der Waals surface area (Å²) in [4.78, 5) is 44.8. The number of para-hydroxylation sites is 1. The number of aliphatic hydroxyl groups is 1. The number of esters is 1. The van der Waals surface area contributed by atoms with E-state index >= 15 is 0 Å². The number of aryl methyl sites for hydroxylation is 1. The van der Waals surface area contributed by atoms with Crippen molar-refractivity contribution in [3.8, 4) is 0 Å². The van der Waals surface area contributed by atoms with Crippen molar-refractivity contribution in [1.82, 2.24) is 4.90 Å². The lowest BCUT2D eigenvalue weighted by atomic mass is 9.70. The molecule has 7 atom stereocenters. The Morgan fingerprint density at radius 2 is 2.13 bits per heavy atom. The highest BCUT2D eigenvalue weighted by Gasteiger charge is 2.77. The number of alkyl halides is 1. The first kappa shape index (κ1) is 29.1. The normalized spacial score (nSPS) is 30.5. The first-order valence-corrected chi connectivity index (χ1v) is 14.4. The summed E-state index contributed by atoms with van der Waals surface area (Å²) in [5, 5.41) is 10.8. The fraction of sp³-hybridized carbons (Fsp3) is 0.607. The van der Waals surface area contributed by atoms with Gasteiger partial charge in [-0.2, -0.15) is 0 Å². The first-order valence-electron chi connectivity index (χ1n) is 13.1. The third kappa shape index (κ3) is 4.59. The molecule has 3 aliphatic rings. The van der Waals surface area contributed by atoms with Crippen LogP contribution in [0.5, 0.6) is 0 Å². The molecule has 3 aliphatic heterocycles. The number of carbonyl (C=O) groups excluding carboxylic acids is 3. The molecule has 1 N–H and O–H groups in total. The first-order chi connectivity index (χ1) is 18.0. The largest absolute Gasteiger partial charge is 0.466 e. The number of hydrogen-bond acceptors (Lipinski definition) is 6. The van der Waals surface area contributed by atoms with Crippen LogP contribution in [-0.4, -0.2) is 76.2 Å². The summed E-state index contributed by atoms with van der Waals surface area (Å²) in [6, 6.07) is 3.68. The van der Waals surface area contributed by atoms with Gasteiger partial charge in [-0.25, -0.2) is 0 Å². The van der Waals surface area contributed by atoms with Gasteiger partial charge < -0.3 is 24.4 Å². The van der Waals surface area contributed by atoms with E-state index in [1.807, 2.05) is 32.9 Å². The standard InChI is InChI=1S/C28H36BrClN2O6/c1-6-11-31(22-16(5)9-8-10-19(22)30)26(35)24-28-13-18(29)23(38-28)20(27(36)37-7-2)21(28)25(34)32(24)17(14-33)12-15(3)4/h6,8-10,15,17-18,20-21,23-24,33H,1,7,11-14H2,2-5H3/t17-,18?,20+,21+,23+,24?,28?/m1/s1. The summed E-state index contributed by atoms with van der Waals surface area (Å²) < 4.78 is 11.9. The molecule has 1 spiro atoms. The molecular weight excluding hydrogens is 576 g/mol. The summed E-state index contributed by atoms with van der Waals surface area (Å²) >= 11 is 10.3. The molecule has 2 amide bonds. The monoisotopic (exact) mass is 610 g/mol. The van der Waals surface area contributed by atoms with Crippen molar-refractivity contribution >= 4 is 51.0 Å². The van der Waals surface area contributed by atoms with E-state index in [-0.39, 0.29) is 42.3 Å². The van der Waals surface area contributed by atoms with Crippen molar-refractivity contribution in [2.45, 2.75) is 69.2 Å².